The summed E-state index contributed by atoms with van der Waals surface area (Å²) >= 11 is 0. The summed E-state index contributed by atoms with van der Waals surface area (Å²) in [4.78, 5) is 4.62. The van der Waals surface area contributed by atoms with Gasteiger partial charge in [-0.2, -0.15) is 0 Å². The van der Waals surface area contributed by atoms with Crippen molar-refractivity contribution >= 4 is 5.96 Å². The van der Waals surface area contributed by atoms with E-state index in [9.17, 15) is 0 Å². The van der Waals surface area contributed by atoms with E-state index in [4.69, 9.17) is 9.47 Å². The van der Waals surface area contributed by atoms with Gasteiger partial charge in [-0.25, -0.2) is 0 Å². The van der Waals surface area contributed by atoms with E-state index in [0.29, 0.717) is 13.2 Å². The number of benzene rings is 1. The molecule has 1 aromatic rings. The molecular weight excluding hydrogens is 278 g/mol. The van der Waals surface area contributed by atoms with Crippen LogP contribution in [0.15, 0.2) is 35.3 Å². The molecule has 1 fully saturated rings. The second-order valence-corrected chi connectivity index (χ2v) is 5.96. The normalized spacial score (nSPS) is 16.9. The SMILES string of the molecule is CCNC(=NCC1(C)COC1)NCCOCc1ccccc1. The van der Waals surface area contributed by atoms with Crippen molar-refractivity contribution in [3.05, 3.63) is 35.9 Å². The average Bonchev–Trinajstić information content (AvgIpc) is 2.51. The molecule has 0 saturated carbocycles. The van der Waals surface area contributed by atoms with E-state index in [1.165, 1.54) is 5.56 Å². The maximum absolute atomic E-state index is 5.66. The lowest BCUT2D eigenvalue weighted by Crippen LogP contribution is -2.44. The van der Waals surface area contributed by atoms with Gasteiger partial charge >= 0.3 is 0 Å². The molecule has 5 heteroatoms. The first-order chi connectivity index (χ1) is 10.7. The molecule has 22 heavy (non-hydrogen) atoms. The van der Waals surface area contributed by atoms with Crippen LogP contribution in [0.25, 0.3) is 0 Å². The van der Waals surface area contributed by atoms with Gasteiger partial charge in [0.1, 0.15) is 0 Å². The highest BCUT2D eigenvalue weighted by Gasteiger charge is 2.33. The van der Waals surface area contributed by atoms with Gasteiger partial charge in [0.15, 0.2) is 5.96 Å². The Morgan fingerprint density at radius 3 is 2.68 bits per heavy atom. The third kappa shape index (κ3) is 5.66. The van der Waals surface area contributed by atoms with Crippen LogP contribution in [0.1, 0.15) is 19.4 Å². The van der Waals surface area contributed by atoms with Gasteiger partial charge in [-0.3, -0.25) is 4.99 Å². The Bertz CT molecular complexity index is 458. The summed E-state index contributed by atoms with van der Waals surface area (Å²) in [5.74, 6) is 0.846. The third-order valence-corrected chi connectivity index (χ3v) is 3.51. The molecule has 0 spiro atoms. The summed E-state index contributed by atoms with van der Waals surface area (Å²) < 4.78 is 10.9. The number of hydrogen-bond donors (Lipinski definition) is 2. The number of aliphatic imine (C=N–C) groups is 1. The highest BCUT2D eigenvalue weighted by atomic mass is 16.5. The summed E-state index contributed by atoms with van der Waals surface area (Å²) in [6.45, 7) is 9.55. The maximum Gasteiger partial charge on any atom is 0.191 e. The second-order valence-electron chi connectivity index (χ2n) is 5.96. The van der Waals surface area contributed by atoms with Gasteiger partial charge in [0.05, 0.1) is 33.0 Å². The van der Waals surface area contributed by atoms with Crippen LogP contribution in [-0.4, -0.2) is 45.4 Å². The molecule has 0 bridgehead atoms. The predicted molar refractivity (Wildman–Crippen MR) is 89.0 cm³/mol. The van der Waals surface area contributed by atoms with E-state index in [1.54, 1.807) is 0 Å². The van der Waals surface area contributed by atoms with Gasteiger partial charge in [-0.1, -0.05) is 37.3 Å². The number of ether oxygens (including phenoxy) is 2. The molecular formula is C17H27N3O2. The molecule has 1 aliphatic rings. The van der Waals surface area contributed by atoms with Crippen LogP contribution in [0.2, 0.25) is 0 Å². The van der Waals surface area contributed by atoms with Gasteiger partial charge < -0.3 is 20.1 Å². The molecule has 1 aromatic carbocycles. The fraction of sp³-hybridized carbons (Fsp3) is 0.588. The summed E-state index contributed by atoms with van der Waals surface area (Å²) in [6.07, 6.45) is 0. The van der Waals surface area contributed by atoms with Crippen molar-refractivity contribution < 1.29 is 9.47 Å². The monoisotopic (exact) mass is 305 g/mol. The van der Waals surface area contributed by atoms with Crippen molar-refractivity contribution in [1.82, 2.24) is 10.6 Å². The maximum atomic E-state index is 5.66. The first-order valence-corrected chi connectivity index (χ1v) is 7.93. The minimum Gasteiger partial charge on any atom is -0.380 e. The molecule has 0 unspecified atom stereocenters. The van der Waals surface area contributed by atoms with Crippen molar-refractivity contribution in [3.63, 3.8) is 0 Å². The number of nitrogens with zero attached hydrogens (tertiary/aromatic N) is 1. The number of hydrogen-bond acceptors (Lipinski definition) is 3. The molecule has 1 aliphatic heterocycles. The first-order valence-electron chi connectivity index (χ1n) is 7.93. The second kappa shape index (κ2) is 8.76. The van der Waals surface area contributed by atoms with Gasteiger partial charge in [0, 0.05) is 18.5 Å². The van der Waals surface area contributed by atoms with Crippen molar-refractivity contribution in [2.45, 2.75) is 20.5 Å². The lowest BCUT2D eigenvalue weighted by molar-refractivity contribution is -0.0945. The van der Waals surface area contributed by atoms with Gasteiger partial charge in [-0.05, 0) is 12.5 Å². The van der Waals surface area contributed by atoms with Crippen molar-refractivity contribution in [2.75, 3.05) is 39.5 Å². The molecule has 5 nitrogen and oxygen atoms in total. The summed E-state index contributed by atoms with van der Waals surface area (Å²) in [5, 5.41) is 6.56. The fourth-order valence-corrected chi connectivity index (χ4v) is 2.16. The van der Waals surface area contributed by atoms with Crippen LogP contribution in [0.5, 0.6) is 0 Å². The zero-order valence-electron chi connectivity index (χ0n) is 13.6. The van der Waals surface area contributed by atoms with E-state index in [-0.39, 0.29) is 5.41 Å². The third-order valence-electron chi connectivity index (χ3n) is 3.51. The van der Waals surface area contributed by atoms with Crippen molar-refractivity contribution in [1.29, 1.82) is 0 Å². The molecule has 1 heterocycles. The topological polar surface area (TPSA) is 54.9 Å². The molecule has 0 amide bonds. The minimum atomic E-state index is 0.201. The Morgan fingerprint density at radius 2 is 2.05 bits per heavy atom. The Labute approximate surface area is 133 Å². The van der Waals surface area contributed by atoms with Crippen LogP contribution in [0, 0.1) is 5.41 Å². The summed E-state index contributed by atoms with van der Waals surface area (Å²) in [5.41, 5.74) is 1.40. The minimum absolute atomic E-state index is 0.201. The number of rotatable bonds is 8. The van der Waals surface area contributed by atoms with Gasteiger partial charge in [0.25, 0.3) is 0 Å². The molecule has 1 saturated heterocycles. The van der Waals surface area contributed by atoms with E-state index < -0.39 is 0 Å². The van der Waals surface area contributed by atoms with Gasteiger partial charge in [-0.15, -0.1) is 0 Å². The first kappa shape index (κ1) is 16.8. The van der Waals surface area contributed by atoms with E-state index in [2.05, 4.69) is 41.6 Å². The predicted octanol–water partition coefficient (Wildman–Crippen LogP) is 1.79. The van der Waals surface area contributed by atoms with Crippen LogP contribution in [-0.2, 0) is 16.1 Å². The fourth-order valence-electron chi connectivity index (χ4n) is 2.16. The molecule has 0 aromatic heterocycles. The van der Waals surface area contributed by atoms with Crippen LogP contribution in [0.3, 0.4) is 0 Å². The lowest BCUT2D eigenvalue weighted by Gasteiger charge is -2.36. The number of guanidine groups is 1. The molecule has 0 atom stereocenters. The molecule has 2 N–H and O–H groups in total. The highest BCUT2D eigenvalue weighted by molar-refractivity contribution is 5.79. The van der Waals surface area contributed by atoms with Crippen LogP contribution in [0.4, 0.5) is 0 Å². The summed E-state index contributed by atoms with van der Waals surface area (Å²) in [6, 6.07) is 10.2. The molecule has 122 valence electrons. The smallest absolute Gasteiger partial charge is 0.191 e. The van der Waals surface area contributed by atoms with Gasteiger partial charge in [0.2, 0.25) is 0 Å². The van der Waals surface area contributed by atoms with Crippen LogP contribution < -0.4 is 10.6 Å². The Kier molecular flexibility index (Phi) is 6.68. The van der Waals surface area contributed by atoms with E-state index >= 15 is 0 Å². The molecule has 2 rings (SSSR count). The summed E-state index contributed by atoms with van der Waals surface area (Å²) in [7, 11) is 0. The molecule has 0 aliphatic carbocycles. The quantitative estimate of drug-likeness (QED) is 0.437. The molecule has 0 radical (unpaired) electrons. The Morgan fingerprint density at radius 1 is 1.27 bits per heavy atom. The van der Waals surface area contributed by atoms with Crippen molar-refractivity contribution in [3.8, 4) is 0 Å². The largest absolute Gasteiger partial charge is 0.380 e. The van der Waals surface area contributed by atoms with E-state index in [0.717, 1.165) is 38.8 Å². The van der Waals surface area contributed by atoms with Crippen molar-refractivity contribution in [2.24, 2.45) is 10.4 Å². The Hall–Kier alpha value is -1.59. The number of nitrogens with one attached hydrogen (secondary N) is 2. The zero-order chi connectivity index (χ0) is 15.7. The average molecular weight is 305 g/mol. The standard InChI is InChI=1S/C17H27N3O2/c1-3-18-16(20-12-17(2)13-22-14-17)19-9-10-21-11-15-7-5-4-6-8-15/h4-8H,3,9-14H2,1-2H3,(H2,18,19,20). The van der Waals surface area contributed by atoms with E-state index in [1.807, 2.05) is 18.2 Å². The highest BCUT2D eigenvalue weighted by Crippen LogP contribution is 2.26. The van der Waals surface area contributed by atoms with Crippen LogP contribution >= 0.6 is 0 Å². The Balaban J connectivity index is 1.64. The lowest BCUT2D eigenvalue weighted by atomic mass is 9.89. The zero-order valence-corrected chi connectivity index (χ0v) is 13.6.